The Morgan fingerprint density at radius 3 is 1.90 bits per heavy atom. The summed E-state index contributed by atoms with van der Waals surface area (Å²) in [7, 11) is 1.64. The Morgan fingerprint density at radius 1 is 0.775 bits per heavy atom. The molecule has 3 aromatic carbocycles. The van der Waals surface area contributed by atoms with Crippen LogP contribution in [0.5, 0.6) is 23.0 Å². The maximum Gasteiger partial charge on any atom is 0.211 e. The zero-order valence-electron chi connectivity index (χ0n) is 23.3. The van der Waals surface area contributed by atoms with Gasteiger partial charge in [-0.1, -0.05) is 38.1 Å². The first kappa shape index (κ1) is 32.4. The first-order valence-electron chi connectivity index (χ1n) is 13.0. The van der Waals surface area contributed by atoms with Gasteiger partial charge in [0.05, 0.1) is 25.0 Å². The largest absolute Gasteiger partial charge is 0.506 e. The molecule has 218 valence electrons. The zero-order valence-corrected chi connectivity index (χ0v) is 23.3. The number of ether oxygens (including phenoxy) is 1. The number of rotatable bonds is 13. The van der Waals surface area contributed by atoms with Gasteiger partial charge in [0.15, 0.2) is 11.5 Å². The number of carbonyl (C=O) groups is 1. The number of hydrogen-bond donors (Lipinski definition) is 8. The van der Waals surface area contributed by atoms with Crippen LogP contribution < -0.4 is 20.7 Å². The third-order valence-electron chi connectivity index (χ3n) is 6.08. The topological polar surface area (TPSA) is 164 Å². The number of phenolic OH excluding ortho intramolecular Hbond substituents is 3. The first-order valence-corrected chi connectivity index (χ1v) is 13.0. The second kappa shape index (κ2) is 16.3. The summed E-state index contributed by atoms with van der Waals surface area (Å²) < 4.78 is 5.14. The molecule has 0 fully saturated rings. The summed E-state index contributed by atoms with van der Waals surface area (Å²) in [4.78, 5) is 10.5. The van der Waals surface area contributed by atoms with Gasteiger partial charge in [-0.05, 0) is 66.4 Å². The number of aliphatic hydroxyl groups excluding tert-OH is 2. The van der Waals surface area contributed by atoms with Gasteiger partial charge < -0.3 is 46.2 Å². The maximum absolute atomic E-state index is 10.5. The minimum Gasteiger partial charge on any atom is -0.506 e. The average Bonchev–Trinajstić information content (AvgIpc) is 2.94. The lowest BCUT2D eigenvalue weighted by Gasteiger charge is -2.18. The van der Waals surface area contributed by atoms with E-state index in [1.165, 1.54) is 23.8 Å². The lowest BCUT2D eigenvalue weighted by molar-refractivity contribution is -0.105. The van der Waals surface area contributed by atoms with Crippen molar-refractivity contribution in [2.75, 3.05) is 25.5 Å². The molecule has 10 heteroatoms. The van der Waals surface area contributed by atoms with Gasteiger partial charge in [-0.3, -0.25) is 4.79 Å². The third kappa shape index (κ3) is 10.7. The van der Waals surface area contributed by atoms with Gasteiger partial charge in [0.1, 0.15) is 11.5 Å². The molecule has 3 rings (SSSR count). The van der Waals surface area contributed by atoms with Crippen LogP contribution in [0.15, 0.2) is 60.7 Å². The van der Waals surface area contributed by atoms with E-state index in [1.54, 1.807) is 25.3 Å². The number of benzene rings is 3. The molecule has 8 N–H and O–H groups in total. The molecule has 10 nitrogen and oxygen atoms in total. The Bertz CT molecular complexity index is 1190. The van der Waals surface area contributed by atoms with Gasteiger partial charge in [0.2, 0.25) is 6.41 Å². The molecule has 0 aliphatic rings. The highest BCUT2D eigenvalue weighted by molar-refractivity contribution is 5.75. The molecule has 40 heavy (non-hydrogen) atoms. The van der Waals surface area contributed by atoms with E-state index < -0.39 is 12.2 Å². The van der Waals surface area contributed by atoms with Crippen LogP contribution in [0, 0.1) is 0 Å². The molecule has 3 atom stereocenters. The standard InChI is InChI=1S/C19H24N2O4.C11H17NO3/c1-13(9-14-3-6-16(25-2)7-4-14)20-11-19(24)15-5-8-18(23)17(10-15)21-12-22;1-7(2)12-6-11(15)8-3-4-9(13)10(14)5-8/h3-8,10,12-13,19-20,23-24H,9,11H2,1-2H3,(H,21,22);3-5,7,11-15H,6H2,1-2H3/t13-,19+;/m1./s1. The summed E-state index contributed by atoms with van der Waals surface area (Å²) in [5, 5.41) is 56.8. The number of aliphatic hydroxyl groups is 2. The smallest absolute Gasteiger partial charge is 0.211 e. The van der Waals surface area contributed by atoms with E-state index in [9.17, 15) is 25.2 Å². The van der Waals surface area contributed by atoms with E-state index in [2.05, 4.69) is 16.0 Å². The van der Waals surface area contributed by atoms with Crippen LogP contribution in [0.4, 0.5) is 5.69 Å². The van der Waals surface area contributed by atoms with Crippen molar-refractivity contribution in [3.8, 4) is 23.0 Å². The van der Waals surface area contributed by atoms with Crippen LogP contribution in [-0.4, -0.2) is 64.2 Å². The number of aromatic hydroxyl groups is 3. The number of hydrogen-bond acceptors (Lipinski definition) is 9. The summed E-state index contributed by atoms with van der Waals surface area (Å²) in [6, 6.07) is 17.3. The monoisotopic (exact) mass is 555 g/mol. The van der Waals surface area contributed by atoms with Crippen molar-refractivity contribution in [1.29, 1.82) is 0 Å². The normalized spacial score (nSPS) is 13.1. The number of nitrogens with one attached hydrogen (secondary N) is 3. The van der Waals surface area contributed by atoms with Gasteiger partial charge in [0.25, 0.3) is 0 Å². The third-order valence-corrected chi connectivity index (χ3v) is 6.08. The SMILES string of the molecule is CC(C)NCC(O)c1ccc(O)c(O)c1.COc1ccc(C[C@@H](C)NC[C@H](O)c2ccc(O)c(NC=O)c2)cc1. The zero-order chi connectivity index (χ0) is 29.7. The Kier molecular flexibility index (Phi) is 13.2. The van der Waals surface area contributed by atoms with E-state index in [-0.39, 0.29) is 29.0 Å². The van der Waals surface area contributed by atoms with Crippen LogP contribution >= 0.6 is 0 Å². The Balaban J connectivity index is 0.000000319. The van der Waals surface area contributed by atoms with E-state index in [4.69, 9.17) is 9.84 Å². The molecule has 0 heterocycles. The average molecular weight is 556 g/mol. The molecule has 0 spiro atoms. The van der Waals surface area contributed by atoms with Gasteiger partial charge >= 0.3 is 0 Å². The Morgan fingerprint density at radius 2 is 1.35 bits per heavy atom. The number of phenols is 3. The number of anilines is 1. The molecular formula is C30H41N3O7. The van der Waals surface area contributed by atoms with Crippen molar-refractivity contribution >= 4 is 12.1 Å². The minimum absolute atomic E-state index is 0.0381. The van der Waals surface area contributed by atoms with Crippen LogP contribution in [0.25, 0.3) is 0 Å². The summed E-state index contributed by atoms with van der Waals surface area (Å²) in [5.74, 6) is 0.398. The van der Waals surface area contributed by atoms with E-state index in [0.29, 0.717) is 36.7 Å². The van der Waals surface area contributed by atoms with Gasteiger partial charge in [0, 0.05) is 25.2 Å². The summed E-state index contributed by atoms with van der Waals surface area (Å²) in [5.41, 5.74) is 2.65. The molecule has 0 saturated carbocycles. The van der Waals surface area contributed by atoms with Gasteiger partial charge in [-0.2, -0.15) is 0 Å². The molecule has 0 radical (unpaired) electrons. The van der Waals surface area contributed by atoms with Crippen molar-refractivity contribution in [2.45, 2.75) is 51.5 Å². The molecule has 0 saturated heterocycles. The summed E-state index contributed by atoms with van der Waals surface area (Å²) in [6.45, 7) is 6.81. The van der Waals surface area contributed by atoms with Gasteiger partial charge in [-0.15, -0.1) is 0 Å². The van der Waals surface area contributed by atoms with Crippen LogP contribution in [0.1, 0.15) is 49.7 Å². The lowest BCUT2D eigenvalue weighted by atomic mass is 10.1. The predicted molar refractivity (Wildman–Crippen MR) is 155 cm³/mol. The number of amides is 1. The van der Waals surface area contributed by atoms with Crippen LogP contribution in [-0.2, 0) is 11.2 Å². The first-order chi connectivity index (χ1) is 19.0. The van der Waals surface area contributed by atoms with Crippen molar-refractivity contribution < 1.29 is 35.1 Å². The highest BCUT2D eigenvalue weighted by atomic mass is 16.5. The Hall–Kier alpha value is -3.83. The van der Waals surface area contributed by atoms with Crippen LogP contribution in [0.2, 0.25) is 0 Å². The van der Waals surface area contributed by atoms with E-state index in [1.807, 2.05) is 45.0 Å². The molecule has 3 aromatic rings. The van der Waals surface area contributed by atoms with Crippen molar-refractivity contribution in [1.82, 2.24) is 10.6 Å². The molecule has 0 aliphatic carbocycles. The minimum atomic E-state index is -0.744. The quantitative estimate of drug-likeness (QED) is 0.117. The second-order valence-electron chi connectivity index (χ2n) is 9.74. The van der Waals surface area contributed by atoms with Crippen LogP contribution in [0.3, 0.4) is 0 Å². The maximum atomic E-state index is 10.5. The summed E-state index contributed by atoms with van der Waals surface area (Å²) >= 11 is 0. The second-order valence-corrected chi connectivity index (χ2v) is 9.74. The molecule has 0 bridgehead atoms. The molecule has 1 amide bonds. The van der Waals surface area contributed by atoms with Gasteiger partial charge in [-0.25, -0.2) is 0 Å². The molecule has 1 unspecified atom stereocenters. The fourth-order valence-electron chi connectivity index (χ4n) is 3.77. The van der Waals surface area contributed by atoms with E-state index in [0.717, 1.165) is 12.2 Å². The van der Waals surface area contributed by atoms with Crippen molar-refractivity contribution in [2.24, 2.45) is 0 Å². The van der Waals surface area contributed by atoms with Crippen molar-refractivity contribution in [3.63, 3.8) is 0 Å². The molecule has 0 aliphatic heterocycles. The predicted octanol–water partition coefficient (Wildman–Crippen LogP) is 3.35. The summed E-state index contributed by atoms with van der Waals surface area (Å²) in [6.07, 6.45) is -0.116. The van der Waals surface area contributed by atoms with E-state index >= 15 is 0 Å². The lowest BCUT2D eigenvalue weighted by Crippen LogP contribution is -2.32. The number of carbonyl (C=O) groups excluding carboxylic acids is 1. The molecular weight excluding hydrogens is 514 g/mol. The number of methoxy groups -OCH3 is 1. The fourth-order valence-corrected chi connectivity index (χ4v) is 3.77. The highest BCUT2D eigenvalue weighted by Gasteiger charge is 2.13. The fraction of sp³-hybridized carbons (Fsp3) is 0.367. The molecule has 0 aromatic heterocycles. The van der Waals surface area contributed by atoms with Crippen molar-refractivity contribution in [3.05, 3.63) is 77.4 Å². The Labute approximate surface area is 235 Å². The highest BCUT2D eigenvalue weighted by Crippen LogP contribution is 2.28.